The van der Waals surface area contributed by atoms with E-state index in [1.807, 2.05) is 32.0 Å². The summed E-state index contributed by atoms with van der Waals surface area (Å²) in [7, 11) is 1.72. The third kappa shape index (κ3) is 4.16. The monoisotopic (exact) mass is 402 g/mol. The Labute approximate surface area is 166 Å². The van der Waals surface area contributed by atoms with Crippen molar-refractivity contribution < 1.29 is 14.3 Å². The van der Waals surface area contributed by atoms with Crippen molar-refractivity contribution in [2.24, 2.45) is 7.05 Å². The third-order valence-electron chi connectivity index (χ3n) is 4.31. The lowest BCUT2D eigenvalue weighted by Gasteiger charge is -2.30. The predicted molar refractivity (Wildman–Crippen MR) is 104 cm³/mol. The Hall–Kier alpha value is -2.88. The first-order chi connectivity index (χ1) is 13.4. The molecule has 0 spiro atoms. The lowest BCUT2D eigenvalue weighted by atomic mass is 9.91. The second-order valence-corrected chi connectivity index (χ2v) is 7.32. The van der Waals surface area contributed by atoms with E-state index in [-0.39, 0.29) is 12.6 Å². The number of esters is 1. The molecule has 0 saturated heterocycles. The number of aryl methyl sites for hydroxylation is 3. The molecule has 1 aromatic carbocycles. The van der Waals surface area contributed by atoms with Crippen molar-refractivity contribution in [3.05, 3.63) is 46.2 Å². The minimum atomic E-state index is -0.596. The summed E-state index contributed by atoms with van der Waals surface area (Å²) in [6.07, 6.45) is 0. The Morgan fingerprint density at radius 2 is 2.14 bits per heavy atom. The van der Waals surface area contributed by atoms with Gasteiger partial charge in [0.25, 0.3) is 0 Å². The second-order valence-electron chi connectivity index (χ2n) is 6.38. The number of amides is 2. The standard InChI is InChI=1S/C18H22N6O3S/c1-5-27-16(25)14-13(9-28-18-21-22-23-24(18)4)19-17(26)20-15(14)12-7-6-10(2)8-11(12)3/h6-8,15H,5,9H2,1-4H3,(H2,19,20,26)/t15-/m0/s1. The molecule has 0 unspecified atom stereocenters. The van der Waals surface area contributed by atoms with Crippen LogP contribution in [0.15, 0.2) is 34.6 Å². The molecular formula is C18H22N6O3S. The maximum atomic E-state index is 12.8. The normalized spacial score (nSPS) is 16.6. The van der Waals surface area contributed by atoms with E-state index >= 15 is 0 Å². The van der Waals surface area contributed by atoms with Gasteiger partial charge < -0.3 is 15.4 Å². The van der Waals surface area contributed by atoms with Crippen LogP contribution < -0.4 is 10.6 Å². The fourth-order valence-electron chi connectivity index (χ4n) is 3.04. The van der Waals surface area contributed by atoms with Gasteiger partial charge in [-0.15, -0.1) is 5.10 Å². The number of rotatable bonds is 6. The van der Waals surface area contributed by atoms with Gasteiger partial charge in [-0.25, -0.2) is 14.3 Å². The molecule has 1 aromatic heterocycles. The zero-order valence-electron chi connectivity index (χ0n) is 16.1. The maximum absolute atomic E-state index is 12.8. The van der Waals surface area contributed by atoms with Gasteiger partial charge in [0, 0.05) is 18.5 Å². The molecule has 2 heterocycles. The van der Waals surface area contributed by atoms with E-state index in [4.69, 9.17) is 4.74 Å². The molecule has 1 atom stereocenters. The van der Waals surface area contributed by atoms with Crippen LogP contribution in [0.2, 0.25) is 0 Å². The molecule has 28 heavy (non-hydrogen) atoms. The van der Waals surface area contributed by atoms with Gasteiger partial charge in [-0.3, -0.25) is 0 Å². The summed E-state index contributed by atoms with van der Waals surface area (Å²) in [6.45, 7) is 5.94. The van der Waals surface area contributed by atoms with Gasteiger partial charge in [-0.05, 0) is 42.3 Å². The fraction of sp³-hybridized carbons (Fsp3) is 0.389. The minimum absolute atomic E-state index is 0.240. The average Bonchev–Trinajstić information content (AvgIpc) is 3.04. The number of hydrogen-bond donors (Lipinski definition) is 2. The van der Waals surface area contributed by atoms with Crippen molar-refractivity contribution in [2.75, 3.05) is 12.4 Å². The van der Waals surface area contributed by atoms with Crippen molar-refractivity contribution in [1.82, 2.24) is 30.8 Å². The number of aromatic nitrogens is 4. The highest BCUT2D eigenvalue weighted by atomic mass is 32.2. The third-order valence-corrected chi connectivity index (χ3v) is 5.35. The fourth-order valence-corrected chi connectivity index (χ4v) is 3.86. The van der Waals surface area contributed by atoms with Crippen LogP contribution in [0.3, 0.4) is 0 Å². The molecule has 1 aliphatic rings. The Morgan fingerprint density at radius 3 is 2.79 bits per heavy atom. The van der Waals surface area contributed by atoms with Gasteiger partial charge in [0.15, 0.2) is 0 Å². The van der Waals surface area contributed by atoms with E-state index in [2.05, 4.69) is 26.2 Å². The van der Waals surface area contributed by atoms with Crippen molar-refractivity contribution >= 4 is 23.8 Å². The smallest absolute Gasteiger partial charge is 0.338 e. The molecule has 9 nitrogen and oxygen atoms in total. The molecule has 3 rings (SSSR count). The number of nitrogens with zero attached hydrogens (tertiary/aromatic N) is 4. The molecule has 2 aromatic rings. The first-order valence-corrected chi connectivity index (χ1v) is 9.79. The summed E-state index contributed by atoms with van der Waals surface area (Å²) in [6, 6.07) is 4.94. The van der Waals surface area contributed by atoms with Crippen LogP contribution in [0.5, 0.6) is 0 Å². The number of carbonyl (C=O) groups excluding carboxylic acids is 2. The second kappa shape index (κ2) is 8.42. The Morgan fingerprint density at radius 1 is 1.36 bits per heavy atom. The van der Waals surface area contributed by atoms with Crippen molar-refractivity contribution in [3.8, 4) is 0 Å². The van der Waals surface area contributed by atoms with Gasteiger partial charge in [-0.1, -0.05) is 35.5 Å². The lowest BCUT2D eigenvalue weighted by molar-refractivity contribution is -0.139. The van der Waals surface area contributed by atoms with Crippen LogP contribution in [0.1, 0.15) is 29.7 Å². The van der Waals surface area contributed by atoms with E-state index < -0.39 is 12.0 Å². The van der Waals surface area contributed by atoms with Crippen molar-refractivity contribution in [1.29, 1.82) is 0 Å². The molecule has 0 fully saturated rings. The van der Waals surface area contributed by atoms with Crippen LogP contribution >= 0.6 is 11.8 Å². The number of tetrazole rings is 1. The first kappa shape index (κ1) is 19.9. The molecule has 2 amide bonds. The van der Waals surface area contributed by atoms with Gasteiger partial charge in [-0.2, -0.15) is 0 Å². The minimum Gasteiger partial charge on any atom is -0.463 e. The predicted octanol–water partition coefficient (Wildman–Crippen LogP) is 1.79. The van der Waals surface area contributed by atoms with Crippen molar-refractivity contribution in [2.45, 2.75) is 32.0 Å². The van der Waals surface area contributed by atoms with E-state index in [0.29, 0.717) is 22.2 Å². The number of urea groups is 1. The summed E-state index contributed by atoms with van der Waals surface area (Å²) < 4.78 is 6.81. The highest BCUT2D eigenvalue weighted by molar-refractivity contribution is 7.99. The molecule has 0 aliphatic carbocycles. The van der Waals surface area contributed by atoms with Gasteiger partial charge in [0.2, 0.25) is 5.16 Å². The summed E-state index contributed by atoms with van der Waals surface area (Å²) in [5, 5.41) is 17.5. The number of benzene rings is 1. The van der Waals surface area contributed by atoms with Crippen LogP contribution in [-0.2, 0) is 16.6 Å². The molecule has 148 valence electrons. The first-order valence-electron chi connectivity index (χ1n) is 8.80. The SMILES string of the molecule is CCOC(=O)C1=C(CSc2nnnn2C)NC(=O)N[C@H]1c1ccc(C)cc1C. The van der Waals surface area contributed by atoms with Crippen LogP contribution in [0.25, 0.3) is 0 Å². The topological polar surface area (TPSA) is 111 Å². The number of hydrogen-bond acceptors (Lipinski definition) is 7. The molecule has 2 N–H and O–H groups in total. The summed E-state index contributed by atoms with van der Waals surface area (Å²) in [4.78, 5) is 25.1. The molecule has 10 heteroatoms. The molecular weight excluding hydrogens is 380 g/mol. The van der Waals surface area contributed by atoms with E-state index in [1.165, 1.54) is 16.4 Å². The van der Waals surface area contributed by atoms with Gasteiger partial charge >= 0.3 is 12.0 Å². The largest absolute Gasteiger partial charge is 0.463 e. The average molecular weight is 402 g/mol. The van der Waals surface area contributed by atoms with Crippen LogP contribution in [0, 0.1) is 13.8 Å². The summed E-state index contributed by atoms with van der Waals surface area (Å²) in [5.41, 5.74) is 3.81. The number of thioether (sulfide) groups is 1. The molecule has 0 radical (unpaired) electrons. The molecule has 1 aliphatic heterocycles. The van der Waals surface area contributed by atoms with E-state index in [9.17, 15) is 9.59 Å². The Balaban J connectivity index is 2.02. The molecule has 0 bridgehead atoms. The maximum Gasteiger partial charge on any atom is 0.338 e. The van der Waals surface area contributed by atoms with E-state index in [1.54, 1.807) is 14.0 Å². The number of ether oxygens (including phenoxy) is 1. The van der Waals surface area contributed by atoms with Crippen LogP contribution in [0.4, 0.5) is 4.79 Å². The zero-order chi connectivity index (χ0) is 20.3. The lowest BCUT2D eigenvalue weighted by Crippen LogP contribution is -2.46. The quantitative estimate of drug-likeness (QED) is 0.560. The zero-order valence-corrected chi connectivity index (χ0v) is 17.0. The summed E-state index contributed by atoms with van der Waals surface area (Å²) in [5.74, 6) is -0.149. The molecule has 0 saturated carbocycles. The number of nitrogens with one attached hydrogen (secondary N) is 2. The van der Waals surface area contributed by atoms with E-state index in [0.717, 1.165) is 16.7 Å². The van der Waals surface area contributed by atoms with Gasteiger partial charge in [0.1, 0.15) is 0 Å². The number of carbonyl (C=O) groups is 2. The van der Waals surface area contributed by atoms with Gasteiger partial charge in [0.05, 0.1) is 18.2 Å². The highest BCUT2D eigenvalue weighted by Gasteiger charge is 2.34. The Bertz CT molecular complexity index is 939. The summed E-state index contributed by atoms with van der Waals surface area (Å²) >= 11 is 1.32. The highest BCUT2D eigenvalue weighted by Crippen LogP contribution is 2.32. The Kier molecular flexibility index (Phi) is 5.98. The van der Waals surface area contributed by atoms with Crippen molar-refractivity contribution in [3.63, 3.8) is 0 Å². The van der Waals surface area contributed by atoms with Crippen LogP contribution in [-0.4, -0.2) is 44.6 Å².